The zero-order chi connectivity index (χ0) is 29.1. The minimum atomic E-state index is -0.759. The summed E-state index contributed by atoms with van der Waals surface area (Å²) in [5.74, 6) is -1.48. The van der Waals surface area contributed by atoms with Gasteiger partial charge in [-0.15, -0.1) is 0 Å². The number of aryl methyl sites for hydroxylation is 5. The molecule has 2 amide bonds. The molecule has 0 bridgehead atoms. The van der Waals surface area contributed by atoms with Gasteiger partial charge in [-0.1, -0.05) is 13.8 Å². The molecule has 11 heteroatoms. The average molecular weight is 549 g/mol. The average Bonchev–Trinajstić information content (AvgIpc) is 3.56. The van der Waals surface area contributed by atoms with Crippen LogP contribution in [-0.4, -0.2) is 62.3 Å². The number of fused-ring (bicyclic) bond motifs is 1. The third-order valence-electron chi connectivity index (χ3n) is 7.09. The van der Waals surface area contributed by atoms with Crippen LogP contribution in [0.2, 0.25) is 0 Å². The van der Waals surface area contributed by atoms with Crippen molar-refractivity contribution < 1.29 is 23.9 Å². The summed E-state index contributed by atoms with van der Waals surface area (Å²) in [5.41, 5.74) is 4.24. The van der Waals surface area contributed by atoms with Crippen LogP contribution in [0.1, 0.15) is 75.0 Å². The summed E-state index contributed by atoms with van der Waals surface area (Å²) in [4.78, 5) is 53.2. The second-order valence-electron chi connectivity index (χ2n) is 9.93. The monoisotopic (exact) mass is 548 g/mol. The molecule has 1 N–H and O–H groups in total. The fourth-order valence-electron chi connectivity index (χ4n) is 5.24. The highest BCUT2D eigenvalue weighted by molar-refractivity contribution is 6.16. The number of hydrogen-bond donors (Lipinski definition) is 1. The van der Waals surface area contributed by atoms with Crippen molar-refractivity contribution in [2.45, 2.75) is 53.1 Å². The van der Waals surface area contributed by atoms with E-state index in [1.165, 1.54) is 14.3 Å². The first kappa shape index (κ1) is 28.7. The van der Waals surface area contributed by atoms with Gasteiger partial charge in [0.25, 0.3) is 5.91 Å². The number of carbonyl (C=O) groups is 4. The zero-order valence-electron chi connectivity index (χ0n) is 23.9. The molecular formula is C29H36N6O5. The van der Waals surface area contributed by atoms with Crippen LogP contribution in [0, 0.1) is 19.8 Å². The number of benzene rings is 1. The number of amides is 2. The lowest BCUT2D eigenvalue weighted by Gasteiger charge is -2.16. The van der Waals surface area contributed by atoms with E-state index in [9.17, 15) is 19.2 Å². The van der Waals surface area contributed by atoms with Gasteiger partial charge >= 0.3 is 6.09 Å². The van der Waals surface area contributed by atoms with Gasteiger partial charge in [0.05, 0.1) is 30.4 Å². The van der Waals surface area contributed by atoms with E-state index in [0.29, 0.717) is 41.9 Å². The molecule has 1 aliphatic carbocycles. The predicted molar refractivity (Wildman–Crippen MR) is 149 cm³/mol. The molecule has 5 rings (SSSR count). The topological polar surface area (TPSA) is 128 Å². The van der Waals surface area contributed by atoms with Crippen LogP contribution in [0.15, 0.2) is 30.3 Å². The summed E-state index contributed by atoms with van der Waals surface area (Å²) in [7, 11) is 3.40. The number of ketones is 2. The molecule has 11 nitrogen and oxygen atoms in total. The Morgan fingerprint density at radius 1 is 1.00 bits per heavy atom. The number of carbonyl (C=O) groups excluding carboxylic acids is 4. The van der Waals surface area contributed by atoms with Gasteiger partial charge in [-0.3, -0.25) is 28.6 Å². The summed E-state index contributed by atoms with van der Waals surface area (Å²) in [6, 6.07) is 8.63. The van der Waals surface area contributed by atoms with Gasteiger partial charge in [0.2, 0.25) is 0 Å². The summed E-state index contributed by atoms with van der Waals surface area (Å²) < 4.78 is 8.51. The molecule has 1 aliphatic heterocycles. The summed E-state index contributed by atoms with van der Waals surface area (Å²) >= 11 is 0. The second-order valence-corrected chi connectivity index (χ2v) is 9.93. The maximum atomic E-state index is 13.4. The maximum Gasteiger partial charge on any atom is 0.414 e. The van der Waals surface area contributed by atoms with Gasteiger partial charge in [-0.25, -0.2) is 4.79 Å². The number of Topliss-reactive ketones (excluding diaryl/α,β-unsaturated/α-hetero) is 2. The fourth-order valence-corrected chi connectivity index (χ4v) is 5.24. The normalized spacial score (nSPS) is 18.4. The lowest BCUT2D eigenvalue weighted by Crippen LogP contribution is -2.35. The molecule has 1 saturated heterocycles. The molecule has 40 heavy (non-hydrogen) atoms. The van der Waals surface area contributed by atoms with Crippen LogP contribution in [0.3, 0.4) is 0 Å². The van der Waals surface area contributed by atoms with Crippen LogP contribution in [0.4, 0.5) is 10.5 Å². The SMILES string of the molecule is CC.Cc1cc(C(=O)NCC2CN(c3ccc4c(c3)CCCC(C(=O)c3cc(C)nn3C)C4=O)C(=O)O2)n(C)n1. The summed E-state index contributed by atoms with van der Waals surface area (Å²) in [5, 5.41) is 11.2. The van der Waals surface area contributed by atoms with E-state index in [2.05, 4.69) is 15.5 Å². The largest absolute Gasteiger partial charge is 0.442 e. The Labute approximate surface area is 233 Å². The molecule has 0 saturated carbocycles. The standard InChI is InChI=1S/C27H30N6O5.C2H6/c1-15-10-22(31(3)29-15)25(35)21-7-5-6-17-12-18(8-9-20(17)24(21)34)33-14-19(38-27(33)37)13-28-26(36)23-11-16(2)30-32(23)4;1-2/h8-12,19,21H,5-7,13-14H2,1-4H3,(H,28,36);1-2H3. The molecule has 0 radical (unpaired) electrons. The van der Waals surface area contributed by atoms with Gasteiger partial charge in [0.15, 0.2) is 11.6 Å². The minimum Gasteiger partial charge on any atom is -0.442 e. The Bertz CT molecular complexity index is 1450. The van der Waals surface area contributed by atoms with Crippen LogP contribution in [0.25, 0.3) is 0 Å². The first-order valence-electron chi connectivity index (χ1n) is 13.6. The molecule has 212 valence electrons. The molecule has 3 heterocycles. The quantitative estimate of drug-likeness (QED) is 0.283. The van der Waals surface area contributed by atoms with Gasteiger partial charge < -0.3 is 10.1 Å². The highest BCUT2D eigenvalue weighted by atomic mass is 16.6. The maximum absolute atomic E-state index is 13.4. The Morgan fingerprint density at radius 3 is 2.27 bits per heavy atom. The number of hydrogen-bond acceptors (Lipinski definition) is 7. The van der Waals surface area contributed by atoms with Gasteiger partial charge in [-0.2, -0.15) is 10.2 Å². The molecule has 1 fully saturated rings. The van der Waals surface area contributed by atoms with Crippen molar-refractivity contribution in [3.8, 4) is 0 Å². The van der Waals surface area contributed by atoms with E-state index in [1.54, 1.807) is 45.3 Å². The number of rotatable bonds is 6. The molecule has 0 spiro atoms. The fraction of sp³-hybridized carbons (Fsp3) is 0.448. The van der Waals surface area contributed by atoms with E-state index >= 15 is 0 Å². The third-order valence-corrected chi connectivity index (χ3v) is 7.09. The summed E-state index contributed by atoms with van der Waals surface area (Å²) in [6.45, 7) is 8.04. The van der Waals surface area contributed by atoms with Crippen molar-refractivity contribution in [3.63, 3.8) is 0 Å². The highest BCUT2D eigenvalue weighted by Crippen LogP contribution is 2.31. The van der Waals surface area contributed by atoms with Crippen LogP contribution in [0.5, 0.6) is 0 Å². The van der Waals surface area contributed by atoms with Gasteiger partial charge in [0, 0.05) is 25.3 Å². The van der Waals surface area contributed by atoms with Crippen LogP contribution in [-0.2, 0) is 25.3 Å². The third kappa shape index (κ3) is 5.68. The van der Waals surface area contributed by atoms with E-state index in [1.807, 2.05) is 26.8 Å². The number of anilines is 1. The molecule has 2 aromatic heterocycles. The Hall–Kier alpha value is -4.28. The van der Waals surface area contributed by atoms with Crippen LogP contribution >= 0.6 is 0 Å². The molecule has 3 aromatic rings. The van der Waals surface area contributed by atoms with E-state index in [0.717, 1.165) is 17.0 Å². The smallest absolute Gasteiger partial charge is 0.414 e. The number of nitrogens with zero attached hydrogens (tertiary/aromatic N) is 5. The Morgan fingerprint density at radius 2 is 1.65 bits per heavy atom. The van der Waals surface area contributed by atoms with E-state index in [4.69, 9.17) is 4.74 Å². The predicted octanol–water partition coefficient (Wildman–Crippen LogP) is 3.57. The Kier molecular flexibility index (Phi) is 8.51. The lowest BCUT2D eigenvalue weighted by atomic mass is 9.89. The van der Waals surface area contributed by atoms with Crippen molar-refractivity contribution in [3.05, 3.63) is 64.2 Å². The highest BCUT2D eigenvalue weighted by Gasteiger charge is 2.36. The first-order chi connectivity index (χ1) is 19.1. The summed E-state index contributed by atoms with van der Waals surface area (Å²) in [6.07, 6.45) is 0.707. The molecular weight excluding hydrogens is 512 g/mol. The molecule has 2 atom stereocenters. The van der Waals surface area contributed by atoms with Crippen molar-refractivity contribution in [1.82, 2.24) is 24.9 Å². The van der Waals surface area contributed by atoms with Crippen molar-refractivity contribution >= 4 is 29.3 Å². The molecule has 2 unspecified atom stereocenters. The number of nitrogens with one attached hydrogen (secondary N) is 1. The van der Waals surface area contributed by atoms with E-state index < -0.39 is 18.1 Å². The van der Waals surface area contributed by atoms with Gasteiger partial charge in [0.1, 0.15) is 17.5 Å². The van der Waals surface area contributed by atoms with Crippen LogP contribution < -0.4 is 10.2 Å². The first-order valence-corrected chi connectivity index (χ1v) is 13.6. The number of aromatic nitrogens is 4. The van der Waals surface area contributed by atoms with Gasteiger partial charge in [-0.05, 0) is 69.0 Å². The number of cyclic esters (lactones) is 1. The second kappa shape index (κ2) is 11.8. The van der Waals surface area contributed by atoms with Crippen molar-refractivity contribution in [2.24, 2.45) is 20.0 Å². The zero-order valence-corrected chi connectivity index (χ0v) is 23.9. The lowest BCUT2D eigenvalue weighted by molar-refractivity contribution is 0.0795. The van der Waals surface area contributed by atoms with E-state index in [-0.39, 0.29) is 30.6 Å². The van der Waals surface area contributed by atoms with Crippen molar-refractivity contribution in [2.75, 3.05) is 18.0 Å². The molecule has 2 aliphatic rings. The molecule has 1 aromatic carbocycles. The minimum absolute atomic E-state index is 0.159. The number of ether oxygens (including phenoxy) is 1. The Balaban J connectivity index is 0.00000181. The van der Waals surface area contributed by atoms with Crippen molar-refractivity contribution in [1.29, 1.82) is 0 Å².